The number of hydrogen-bond acceptors (Lipinski definition) is 3. The van der Waals surface area contributed by atoms with Crippen molar-refractivity contribution in [2.45, 2.75) is 25.6 Å². The quantitative estimate of drug-likeness (QED) is 0.764. The van der Waals surface area contributed by atoms with E-state index in [1.807, 2.05) is 0 Å². The molecule has 5 heteroatoms. The van der Waals surface area contributed by atoms with Gasteiger partial charge in [-0.3, -0.25) is 4.79 Å². The average molecular weight is 242 g/mol. The molecule has 1 aliphatic heterocycles. The van der Waals surface area contributed by atoms with Crippen molar-refractivity contribution in [1.82, 2.24) is 0 Å². The van der Waals surface area contributed by atoms with Gasteiger partial charge in [0, 0.05) is 18.6 Å². The van der Waals surface area contributed by atoms with Gasteiger partial charge < -0.3 is 9.47 Å². The maximum Gasteiger partial charge on any atom is 0.199 e. The van der Waals surface area contributed by atoms with Crippen molar-refractivity contribution in [3.63, 3.8) is 0 Å². The van der Waals surface area contributed by atoms with Crippen molar-refractivity contribution in [2.75, 3.05) is 6.61 Å². The van der Waals surface area contributed by atoms with Crippen molar-refractivity contribution in [1.29, 1.82) is 0 Å². The standard InChI is InChI=1S/C12H12F2O3/c13-10-5-8(6-11(14)9(10)7-15)17-12-3-1-2-4-16-12/h5-7,12H,1-4H2. The molecule has 1 saturated heterocycles. The molecule has 1 aliphatic rings. The smallest absolute Gasteiger partial charge is 0.199 e. The average Bonchev–Trinajstić information content (AvgIpc) is 2.30. The molecule has 2 rings (SSSR count). The Morgan fingerprint density at radius 1 is 1.29 bits per heavy atom. The molecule has 92 valence electrons. The van der Waals surface area contributed by atoms with Gasteiger partial charge in [0.15, 0.2) is 12.6 Å². The van der Waals surface area contributed by atoms with E-state index in [-0.39, 0.29) is 12.0 Å². The Labute approximate surface area is 97.3 Å². The molecular weight excluding hydrogens is 230 g/mol. The summed E-state index contributed by atoms with van der Waals surface area (Å²) in [4.78, 5) is 10.4. The highest BCUT2D eigenvalue weighted by Crippen LogP contribution is 2.23. The fourth-order valence-electron chi connectivity index (χ4n) is 1.70. The summed E-state index contributed by atoms with van der Waals surface area (Å²) in [6, 6.07) is 1.98. The number of rotatable bonds is 3. The maximum absolute atomic E-state index is 13.3. The van der Waals surface area contributed by atoms with Crippen LogP contribution in [0.1, 0.15) is 29.6 Å². The minimum atomic E-state index is -0.925. The van der Waals surface area contributed by atoms with E-state index in [9.17, 15) is 13.6 Å². The van der Waals surface area contributed by atoms with E-state index in [0.29, 0.717) is 13.0 Å². The van der Waals surface area contributed by atoms with Gasteiger partial charge in [-0.1, -0.05) is 0 Å². The van der Waals surface area contributed by atoms with E-state index in [1.54, 1.807) is 0 Å². The number of ether oxygens (including phenoxy) is 2. The van der Waals surface area contributed by atoms with Gasteiger partial charge in [-0.15, -0.1) is 0 Å². The maximum atomic E-state index is 13.3. The van der Waals surface area contributed by atoms with Crippen molar-refractivity contribution in [3.8, 4) is 5.75 Å². The largest absolute Gasteiger partial charge is 0.465 e. The molecule has 0 aromatic heterocycles. The summed E-state index contributed by atoms with van der Waals surface area (Å²) >= 11 is 0. The van der Waals surface area contributed by atoms with Crippen molar-refractivity contribution in [3.05, 3.63) is 29.3 Å². The molecule has 1 aromatic carbocycles. The Kier molecular flexibility index (Phi) is 3.68. The first-order chi connectivity index (χ1) is 8.20. The van der Waals surface area contributed by atoms with E-state index in [0.717, 1.165) is 25.0 Å². The van der Waals surface area contributed by atoms with Crippen LogP contribution in [0.25, 0.3) is 0 Å². The highest BCUT2D eigenvalue weighted by atomic mass is 19.1. The Morgan fingerprint density at radius 2 is 2.00 bits per heavy atom. The van der Waals surface area contributed by atoms with Crippen LogP contribution in [-0.4, -0.2) is 19.2 Å². The third kappa shape index (κ3) is 2.79. The van der Waals surface area contributed by atoms with Gasteiger partial charge in [-0.2, -0.15) is 0 Å². The summed E-state index contributed by atoms with van der Waals surface area (Å²) in [5, 5.41) is 0. The van der Waals surface area contributed by atoms with E-state index in [4.69, 9.17) is 9.47 Å². The summed E-state index contributed by atoms with van der Waals surface area (Å²) in [6.07, 6.45) is 2.29. The van der Waals surface area contributed by atoms with Gasteiger partial charge in [-0.25, -0.2) is 8.78 Å². The van der Waals surface area contributed by atoms with Crippen LogP contribution in [0, 0.1) is 11.6 Å². The number of carbonyl (C=O) groups is 1. The molecule has 1 unspecified atom stereocenters. The Bertz CT molecular complexity index is 391. The summed E-state index contributed by atoms with van der Waals surface area (Å²) in [5.74, 6) is -1.81. The normalized spacial score (nSPS) is 20.0. The van der Waals surface area contributed by atoms with E-state index < -0.39 is 23.5 Å². The second-order valence-corrected chi connectivity index (χ2v) is 3.83. The first kappa shape index (κ1) is 12.0. The van der Waals surface area contributed by atoms with Crippen LogP contribution in [-0.2, 0) is 4.74 Å². The summed E-state index contributed by atoms with van der Waals surface area (Å²) < 4.78 is 37.1. The fraction of sp³-hybridized carbons (Fsp3) is 0.417. The molecule has 3 nitrogen and oxygen atoms in total. The molecule has 0 amide bonds. The van der Waals surface area contributed by atoms with Crippen LogP contribution >= 0.6 is 0 Å². The number of aldehydes is 1. The minimum Gasteiger partial charge on any atom is -0.465 e. The molecule has 0 radical (unpaired) electrons. The molecular formula is C12H12F2O3. The fourth-order valence-corrected chi connectivity index (χ4v) is 1.70. The van der Waals surface area contributed by atoms with Gasteiger partial charge in [0.1, 0.15) is 17.4 Å². The number of carbonyl (C=O) groups excluding carboxylic acids is 1. The zero-order valence-electron chi connectivity index (χ0n) is 9.12. The van der Waals surface area contributed by atoms with E-state index in [1.165, 1.54) is 0 Å². The van der Waals surface area contributed by atoms with Gasteiger partial charge in [0.2, 0.25) is 0 Å². The molecule has 0 bridgehead atoms. The predicted octanol–water partition coefficient (Wildman–Crippen LogP) is 2.68. The Hall–Kier alpha value is -1.49. The number of halogens is 2. The molecule has 0 N–H and O–H groups in total. The summed E-state index contributed by atoms with van der Waals surface area (Å²) in [5.41, 5.74) is -0.582. The monoisotopic (exact) mass is 242 g/mol. The molecule has 0 aliphatic carbocycles. The third-order valence-electron chi connectivity index (χ3n) is 2.58. The van der Waals surface area contributed by atoms with Gasteiger partial charge in [-0.05, 0) is 12.8 Å². The lowest BCUT2D eigenvalue weighted by Gasteiger charge is -2.23. The van der Waals surface area contributed by atoms with Crippen molar-refractivity contribution >= 4 is 6.29 Å². The molecule has 0 spiro atoms. The van der Waals surface area contributed by atoms with Crippen LogP contribution in [0.4, 0.5) is 8.78 Å². The van der Waals surface area contributed by atoms with E-state index in [2.05, 4.69) is 0 Å². The molecule has 1 atom stereocenters. The van der Waals surface area contributed by atoms with Crippen LogP contribution in [0.3, 0.4) is 0 Å². The SMILES string of the molecule is O=Cc1c(F)cc(OC2CCCCO2)cc1F. The topological polar surface area (TPSA) is 35.5 Å². The second-order valence-electron chi connectivity index (χ2n) is 3.83. The molecule has 17 heavy (non-hydrogen) atoms. The van der Waals surface area contributed by atoms with Crippen molar-refractivity contribution < 1.29 is 23.0 Å². The Morgan fingerprint density at radius 3 is 2.53 bits per heavy atom. The summed E-state index contributed by atoms with van der Waals surface area (Å²) in [7, 11) is 0. The molecule has 1 fully saturated rings. The van der Waals surface area contributed by atoms with Crippen molar-refractivity contribution in [2.24, 2.45) is 0 Å². The molecule has 0 saturated carbocycles. The van der Waals surface area contributed by atoms with Gasteiger partial charge in [0.25, 0.3) is 0 Å². The Balaban J connectivity index is 2.13. The van der Waals surface area contributed by atoms with Gasteiger partial charge >= 0.3 is 0 Å². The number of hydrogen-bond donors (Lipinski definition) is 0. The van der Waals surface area contributed by atoms with Crippen LogP contribution in [0.2, 0.25) is 0 Å². The lowest BCUT2D eigenvalue weighted by Crippen LogP contribution is -2.25. The number of benzene rings is 1. The van der Waals surface area contributed by atoms with E-state index >= 15 is 0 Å². The van der Waals surface area contributed by atoms with Gasteiger partial charge in [0.05, 0.1) is 12.2 Å². The lowest BCUT2D eigenvalue weighted by atomic mass is 10.2. The van der Waals surface area contributed by atoms with Crippen LogP contribution < -0.4 is 4.74 Å². The van der Waals surface area contributed by atoms with Crippen LogP contribution in [0.5, 0.6) is 5.75 Å². The highest BCUT2D eigenvalue weighted by molar-refractivity contribution is 5.75. The first-order valence-corrected chi connectivity index (χ1v) is 5.43. The minimum absolute atomic E-state index is 0.0394. The highest BCUT2D eigenvalue weighted by Gasteiger charge is 2.17. The molecule has 1 heterocycles. The zero-order valence-corrected chi connectivity index (χ0v) is 9.12. The lowest BCUT2D eigenvalue weighted by molar-refractivity contribution is -0.106. The first-order valence-electron chi connectivity index (χ1n) is 5.43. The molecule has 1 aromatic rings. The third-order valence-corrected chi connectivity index (χ3v) is 2.58. The second kappa shape index (κ2) is 5.23. The zero-order chi connectivity index (χ0) is 12.3. The predicted molar refractivity (Wildman–Crippen MR) is 56.0 cm³/mol. The van der Waals surface area contributed by atoms with Crippen LogP contribution in [0.15, 0.2) is 12.1 Å². The summed E-state index contributed by atoms with van der Waals surface area (Å²) in [6.45, 7) is 0.585.